The van der Waals surface area contributed by atoms with Gasteiger partial charge in [0, 0.05) is 35.3 Å². The summed E-state index contributed by atoms with van der Waals surface area (Å²) in [7, 11) is 0. The van der Waals surface area contributed by atoms with Crippen LogP contribution >= 0.6 is 12.4 Å². The van der Waals surface area contributed by atoms with Gasteiger partial charge in [-0.05, 0) is 42.3 Å². The van der Waals surface area contributed by atoms with Crippen LogP contribution in [-0.4, -0.2) is 38.4 Å². The molecule has 0 atom stereocenters. The van der Waals surface area contributed by atoms with E-state index < -0.39 is 5.91 Å². The fourth-order valence-corrected chi connectivity index (χ4v) is 3.50. The number of nitrogens with zero attached hydrogens (tertiary/aromatic N) is 2. The predicted octanol–water partition coefficient (Wildman–Crippen LogP) is 3.10. The minimum Gasteiger partial charge on any atom is -0.357 e. The number of hydrogen-bond acceptors (Lipinski definition) is 4. The Morgan fingerprint density at radius 3 is 2.57 bits per heavy atom. The van der Waals surface area contributed by atoms with Crippen LogP contribution in [0.3, 0.4) is 0 Å². The van der Waals surface area contributed by atoms with Gasteiger partial charge in [-0.3, -0.25) is 14.8 Å². The molecule has 2 amide bonds. The first kappa shape index (κ1) is 21.3. The molecule has 1 aromatic carbocycles. The van der Waals surface area contributed by atoms with Crippen molar-refractivity contribution in [3.8, 4) is 0 Å². The number of hydroxylamine groups is 1. The van der Waals surface area contributed by atoms with Gasteiger partial charge in [0.05, 0.1) is 17.9 Å². The van der Waals surface area contributed by atoms with E-state index in [1.54, 1.807) is 24.3 Å². The summed E-state index contributed by atoms with van der Waals surface area (Å²) in [6.07, 6.45) is 6.65. The number of halogens is 1. The summed E-state index contributed by atoms with van der Waals surface area (Å²) in [5.74, 6) is -0.707. The second-order valence-electron chi connectivity index (χ2n) is 6.77. The van der Waals surface area contributed by atoms with Gasteiger partial charge in [-0.1, -0.05) is 24.3 Å². The first-order valence-electron chi connectivity index (χ1n) is 9.28. The summed E-state index contributed by atoms with van der Waals surface area (Å²) >= 11 is 0. The fourth-order valence-electron chi connectivity index (χ4n) is 3.50. The van der Waals surface area contributed by atoms with Gasteiger partial charge < -0.3 is 9.88 Å². The second kappa shape index (κ2) is 9.39. The molecule has 0 fully saturated rings. The van der Waals surface area contributed by atoms with Crippen molar-refractivity contribution in [2.75, 3.05) is 6.54 Å². The number of carbonyl (C=O) groups excluding carboxylic acids is 2. The van der Waals surface area contributed by atoms with Crippen molar-refractivity contribution in [3.63, 3.8) is 0 Å². The third kappa shape index (κ3) is 4.59. The number of hydrogen-bond donors (Lipinski definition) is 3. The zero-order valence-corrected chi connectivity index (χ0v) is 16.9. The molecular formula is C22H21ClN4O3. The maximum absolute atomic E-state index is 12.6. The highest BCUT2D eigenvalue weighted by Gasteiger charge is 2.22. The van der Waals surface area contributed by atoms with E-state index in [4.69, 9.17) is 5.21 Å². The molecule has 0 spiro atoms. The van der Waals surface area contributed by atoms with E-state index >= 15 is 0 Å². The van der Waals surface area contributed by atoms with Crippen molar-refractivity contribution in [1.29, 1.82) is 0 Å². The van der Waals surface area contributed by atoms with E-state index in [0.717, 1.165) is 17.6 Å². The highest BCUT2D eigenvalue weighted by atomic mass is 35.5. The number of aromatic amines is 1. The lowest BCUT2D eigenvalue weighted by atomic mass is 10.0. The van der Waals surface area contributed by atoms with Gasteiger partial charge >= 0.3 is 0 Å². The smallest absolute Gasteiger partial charge is 0.267 e. The van der Waals surface area contributed by atoms with Gasteiger partial charge in [0.15, 0.2) is 0 Å². The zero-order chi connectivity index (χ0) is 20.2. The number of fused-ring (bicyclic) bond motifs is 3. The molecule has 0 saturated carbocycles. The number of aromatic nitrogens is 2. The summed E-state index contributed by atoms with van der Waals surface area (Å²) < 4.78 is 0. The van der Waals surface area contributed by atoms with Crippen molar-refractivity contribution in [3.05, 3.63) is 77.3 Å². The van der Waals surface area contributed by atoms with Crippen LogP contribution in [0.25, 0.3) is 23.1 Å². The zero-order valence-electron chi connectivity index (χ0n) is 16.0. The van der Waals surface area contributed by atoms with Crippen LogP contribution in [0.5, 0.6) is 0 Å². The van der Waals surface area contributed by atoms with Crippen LogP contribution in [0, 0.1) is 0 Å². The van der Waals surface area contributed by atoms with Crippen molar-refractivity contribution < 1.29 is 14.8 Å². The number of H-pyrrole nitrogens is 1. The van der Waals surface area contributed by atoms with Gasteiger partial charge in [-0.25, -0.2) is 10.5 Å². The lowest BCUT2D eigenvalue weighted by Crippen LogP contribution is -2.34. The second-order valence-corrected chi connectivity index (χ2v) is 6.77. The van der Waals surface area contributed by atoms with Gasteiger partial charge in [0.2, 0.25) is 5.91 Å². The van der Waals surface area contributed by atoms with E-state index in [0.29, 0.717) is 24.5 Å². The molecule has 30 heavy (non-hydrogen) atoms. The Kier molecular flexibility index (Phi) is 6.66. The van der Waals surface area contributed by atoms with Gasteiger partial charge in [0.1, 0.15) is 0 Å². The average Bonchev–Trinajstić information content (AvgIpc) is 3.14. The molecule has 2 aromatic heterocycles. The molecule has 1 aliphatic rings. The Bertz CT molecular complexity index is 1140. The Balaban J connectivity index is 0.00000256. The Labute approximate surface area is 179 Å². The first-order chi connectivity index (χ1) is 14.1. The van der Waals surface area contributed by atoms with E-state index in [9.17, 15) is 9.59 Å². The minimum absolute atomic E-state index is 0. The number of amides is 2. The number of benzene rings is 1. The normalized spacial score (nSPS) is 13.4. The fraction of sp³-hybridized carbons (Fsp3) is 0.136. The van der Waals surface area contributed by atoms with Crippen LogP contribution < -0.4 is 5.48 Å². The average molecular weight is 425 g/mol. The largest absolute Gasteiger partial charge is 0.357 e. The van der Waals surface area contributed by atoms with Crippen LogP contribution in [0.1, 0.15) is 22.6 Å². The lowest BCUT2D eigenvalue weighted by molar-refractivity contribution is -0.127. The molecule has 0 aliphatic carbocycles. The van der Waals surface area contributed by atoms with Gasteiger partial charge in [-0.15, -0.1) is 12.4 Å². The number of nitrogens with one attached hydrogen (secondary N) is 2. The first-order valence-corrected chi connectivity index (χ1v) is 9.28. The summed E-state index contributed by atoms with van der Waals surface area (Å²) in [6.45, 7) is 1.23. The van der Waals surface area contributed by atoms with Crippen LogP contribution in [-0.2, 0) is 22.6 Å². The molecule has 0 bridgehead atoms. The van der Waals surface area contributed by atoms with Crippen molar-refractivity contribution in [1.82, 2.24) is 20.3 Å². The molecule has 4 rings (SSSR count). The topological polar surface area (TPSA) is 98.3 Å². The summed E-state index contributed by atoms with van der Waals surface area (Å²) in [5, 5.41) is 9.74. The minimum atomic E-state index is -0.635. The number of rotatable bonds is 4. The molecule has 3 aromatic rings. The van der Waals surface area contributed by atoms with Crippen molar-refractivity contribution >= 4 is 47.3 Å². The number of pyridine rings is 1. The Hall–Kier alpha value is -3.42. The molecule has 3 heterocycles. The standard InChI is InChI=1S/C22H20N4O3.ClH/c27-21(25-29)10-8-15-4-3-5-16(23-15)9-11-22(28)26-13-12-18-17-6-1-2-7-19(17)24-20(18)14-26;/h1-11,24,29H,12-14H2,(H,25,27);1H. The maximum Gasteiger partial charge on any atom is 0.267 e. The maximum atomic E-state index is 12.6. The number of carbonyl (C=O) groups is 2. The van der Waals surface area contributed by atoms with Crippen LogP contribution in [0.15, 0.2) is 54.6 Å². The van der Waals surface area contributed by atoms with Crippen molar-refractivity contribution in [2.45, 2.75) is 13.0 Å². The molecule has 1 aliphatic heterocycles. The quantitative estimate of drug-likeness (QED) is 0.340. The molecule has 0 saturated heterocycles. The highest BCUT2D eigenvalue weighted by molar-refractivity contribution is 5.93. The monoisotopic (exact) mass is 424 g/mol. The lowest BCUT2D eigenvalue weighted by Gasteiger charge is -2.26. The molecule has 0 unspecified atom stereocenters. The van der Waals surface area contributed by atoms with Crippen molar-refractivity contribution in [2.24, 2.45) is 0 Å². The molecule has 154 valence electrons. The van der Waals surface area contributed by atoms with Gasteiger partial charge in [-0.2, -0.15) is 0 Å². The third-order valence-electron chi connectivity index (χ3n) is 4.90. The summed E-state index contributed by atoms with van der Waals surface area (Å²) in [6, 6.07) is 13.5. The summed E-state index contributed by atoms with van der Waals surface area (Å²) in [5.41, 5.74) is 6.16. The molecule has 3 N–H and O–H groups in total. The van der Waals surface area contributed by atoms with Crippen LogP contribution in [0.4, 0.5) is 0 Å². The highest BCUT2D eigenvalue weighted by Crippen LogP contribution is 2.27. The van der Waals surface area contributed by atoms with E-state index in [-0.39, 0.29) is 18.3 Å². The summed E-state index contributed by atoms with van der Waals surface area (Å²) in [4.78, 5) is 33.3. The molecular weight excluding hydrogens is 404 g/mol. The third-order valence-corrected chi connectivity index (χ3v) is 4.90. The SMILES string of the molecule is Cl.O=C(C=Cc1cccc(C=CC(=O)N2CCc3c([nH]c4ccccc34)C2)n1)NO. The van der Waals surface area contributed by atoms with Gasteiger partial charge in [0.25, 0.3) is 5.91 Å². The van der Waals surface area contributed by atoms with E-state index in [2.05, 4.69) is 22.1 Å². The Morgan fingerprint density at radius 2 is 1.80 bits per heavy atom. The molecule has 8 heteroatoms. The van der Waals surface area contributed by atoms with E-state index in [1.807, 2.05) is 17.0 Å². The molecule has 0 radical (unpaired) electrons. The molecule has 7 nitrogen and oxygen atoms in total. The number of para-hydroxylation sites is 1. The predicted molar refractivity (Wildman–Crippen MR) is 117 cm³/mol. The van der Waals surface area contributed by atoms with E-state index in [1.165, 1.54) is 34.7 Å². The Morgan fingerprint density at radius 1 is 1.07 bits per heavy atom. The van der Waals surface area contributed by atoms with Crippen LogP contribution in [0.2, 0.25) is 0 Å².